The minimum absolute atomic E-state index is 0.0274. The van der Waals surface area contributed by atoms with Crippen LogP contribution >= 0.6 is 23.2 Å². The molecular formula is C22H28Cl2FN3O3Si. The van der Waals surface area contributed by atoms with E-state index in [9.17, 15) is 4.39 Å². The molecule has 3 rings (SSSR count). The van der Waals surface area contributed by atoms with Crippen LogP contribution in [0, 0.1) is 5.82 Å². The highest BCUT2D eigenvalue weighted by atomic mass is 35.5. The number of hydrogen-bond donors (Lipinski definition) is 1. The van der Waals surface area contributed by atoms with E-state index in [1.54, 1.807) is 6.20 Å². The number of methoxy groups -OCH3 is 2. The van der Waals surface area contributed by atoms with Gasteiger partial charge in [0.05, 0.1) is 24.9 Å². The van der Waals surface area contributed by atoms with Crippen molar-refractivity contribution in [2.45, 2.75) is 39.0 Å². The lowest BCUT2D eigenvalue weighted by Gasteiger charge is -2.16. The molecule has 2 aromatic heterocycles. The number of nitrogens with one attached hydrogen (secondary N) is 1. The molecule has 0 atom stereocenters. The lowest BCUT2D eigenvalue weighted by atomic mass is 10.2. The fourth-order valence-corrected chi connectivity index (χ4v) is 4.44. The van der Waals surface area contributed by atoms with Crippen LogP contribution in [-0.4, -0.2) is 38.5 Å². The van der Waals surface area contributed by atoms with Crippen LogP contribution in [0.15, 0.2) is 24.5 Å². The molecule has 0 aliphatic rings. The number of aromatic nitrogens is 2. The zero-order chi connectivity index (χ0) is 23.5. The highest BCUT2D eigenvalue weighted by Gasteiger charge is 2.19. The summed E-state index contributed by atoms with van der Waals surface area (Å²) in [5.41, 5.74) is 1.51. The van der Waals surface area contributed by atoms with E-state index in [4.69, 9.17) is 37.4 Å². The van der Waals surface area contributed by atoms with Gasteiger partial charge in [-0.25, -0.2) is 9.37 Å². The number of anilines is 1. The number of hydrogen-bond acceptors (Lipinski definition) is 5. The first-order chi connectivity index (χ1) is 15.2. The third kappa shape index (κ3) is 5.48. The van der Waals surface area contributed by atoms with Crippen LogP contribution in [0.5, 0.6) is 11.5 Å². The summed E-state index contributed by atoms with van der Waals surface area (Å²) < 4.78 is 32.8. The lowest BCUT2D eigenvalue weighted by molar-refractivity contribution is 0.0899. The maximum absolute atomic E-state index is 14.7. The minimum Gasteiger partial charge on any atom is -0.495 e. The van der Waals surface area contributed by atoms with Gasteiger partial charge in [-0.05, 0) is 12.1 Å². The average Bonchev–Trinajstić information content (AvgIpc) is 3.16. The monoisotopic (exact) mass is 499 g/mol. The normalized spacial score (nSPS) is 11.8. The summed E-state index contributed by atoms with van der Waals surface area (Å²) in [6.07, 6.45) is 3.57. The average molecular weight is 500 g/mol. The molecule has 1 aromatic carbocycles. The number of halogens is 3. The van der Waals surface area contributed by atoms with Crippen molar-refractivity contribution in [3.05, 3.63) is 46.0 Å². The second kappa shape index (κ2) is 10.3. The van der Waals surface area contributed by atoms with Gasteiger partial charge in [0, 0.05) is 50.6 Å². The van der Waals surface area contributed by atoms with E-state index in [0.29, 0.717) is 23.1 Å². The van der Waals surface area contributed by atoms with E-state index in [-0.39, 0.29) is 23.0 Å². The molecule has 0 amide bonds. The molecule has 0 aliphatic heterocycles. The Labute approximate surface area is 198 Å². The molecule has 0 spiro atoms. The number of nitrogens with zero attached hydrogens (tertiary/aromatic N) is 2. The molecule has 174 valence electrons. The Kier molecular flexibility index (Phi) is 7.92. The van der Waals surface area contributed by atoms with Gasteiger partial charge in [-0.3, -0.25) is 0 Å². The molecule has 32 heavy (non-hydrogen) atoms. The number of ether oxygens (including phenoxy) is 3. The fraction of sp³-hybridized carbons (Fsp3) is 0.409. The summed E-state index contributed by atoms with van der Waals surface area (Å²) >= 11 is 12.9. The van der Waals surface area contributed by atoms with Crippen molar-refractivity contribution in [2.75, 3.05) is 26.1 Å². The first-order valence-corrected chi connectivity index (χ1v) is 14.7. The summed E-state index contributed by atoms with van der Waals surface area (Å²) in [5, 5.41) is 4.46. The summed E-state index contributed by atoms with van der Waals surface area (Å²) in [7, 11) is 1.70. The first kappa shape index (κ1) is 24.6. The molecule has 10 heteroatoms. The van der Waals surface area contributed by atoms with E-state index in [0.717, 1.165) is 23.7 Å². The number of benzene rings is 1. The Morgan fingerprint density at radius 1 is 1.12 bits per heavy atom. The quantitative estimate of drug-likeness (QED) is 0.257. The van der Waals surface area contributed by atoms with E-state index < -0.39 is 13.9 Å². The van der Waals surface area contributed by atoms with Crippen LogP contribution in [0.2, 0.25) is 35.7 Å². The lowest BCUT2D eigenvalue weighted by Crippen LogP contribution is -2.22. The summed E-state index contributed by atoms with van der Waals surface area (Å²) in [4.78, 5) is 4.55. The van der Waals surface area contributed by atoms with Crippen molar-refractivity contribution in [3.63, 3.8) is 0 Å². The van der Waals surface area contributed by atoms with Crippen molar-refractivity contribution in [2.24, 2.45) is 0 Å². The largest absolute Gasteiger partial charge is 0.495 e. The van der Waals surface area contributed by atoms with Gasteiger partial charge in [0.2, 0.25) is 0 Å². The highest BCUT2D eigenvalue weighted by molar-refractivity contribution is 6.76. The van der Waals surface area contributed by atoms with Crippen molar-refractivity contribution in [1.29, 1.82) is 0 Å². The minimum atomic E-state index is -1.14. The van der Waals surface area contributed by atoms with Gasteiger partial charge in [0.1, 0.15) is 23.2 Å². The Balaban J connectivity index is 1.77. The van der Waals surface area contributed by atoms with Crippen molar-refractivity contribution >= 4 is 48.0 Å². The summed E-state index contributed by atoms with van der Waals surface area (Å²) in [6, 6.07) is 4.40. The number of pyridine rings is 1. The molecule has 2 heterocycles. The molecule has 0 bridgehead atoms. The first-order valence-electron chi connectivity index (χ1n) is 10.2. The van der Waals surface area contributed by atoms with Gasteiger partial charge < -0.3 is 24.1 Å². The topological polar surface area (TPSA) is 57.5 Å². The summed E-state index contributed by atoms with van der Waals surface area (Å²) in [6.45, 7) is 8.31. The molecule has 3 aromatic rings. The smallest absolute Gasteiger partial charge is 0.189 e. The van der Waals surface area contributed by atoms with Crippen LogP contribution < -0.4 is 14.8 Å². The van der Waals surface area contributed by atoms with E-state index in [1.807, 2.05) is 16.8 Å². The van der Waals surface area contributed by atoms with Crippen LogP contribution in [0.3, 0.4) is 0 Å². The zero-order valence-corrected chi connectivity index (χ0v) is 21.4. The third-order valence-electron chi connectivity index (χ3n) is 5.05. The van der Waals surface area contributed by atoms with Gasteiger partial charge in [0.25, 0.3) is 0 Å². The van der Waals surface area contributed by atoms with Gasteiger partial charge >= 0.3 is 0 Å². The number of rotatable bonds is 10. The predicted octanol–water partition coefficient (Wildman–Crippen LogP) is 6.42. The van der Waals surface area contributed by atoms with Crippen LogP contribution in [0.4, 0.5) is 10.1 Å². The predicted molar refractivity (Wildman–Crippen MR) is 131 cm³/mol. The Bertz CT molecular complexity index is 1070. The zero-order valence-electron chi connectivity index (χ0n) is 18.9. The maximum atomic E-state index is 14.7. The van der Waals surface area contributed by atoms with Crippen LogP contribution in [0.1, 0.15) is 5.56 Å². The molecule has 0 radical (unpaired) electrons. The molecule has 0 fully saturated rings. The Morgan fingerprint density at radius 2 is 1.84 bits per heavy atom. The molecule has 1 N–H and O–H groups in total. The van der Waals surface area contributed by atoms with Crippen molar-refractivity contribution in [1.82, 2.24) is 9.55 Å². The Hall–Kier alpha value is -2.00. The van der Waals surface area contributed by atoms with E-state index in [2.05, 4.69) is 29.9 Å². The van der Waals surface area contributed by atoms with Gasteiger partial charge in [-0.2, -0.15) is 0 Å². The second-order valence-electron chi connectivity index (χ2n) is 8.61. The molecule has 0 aliphatic carbocycles. The maximum Gasteiger partial charge on any atom is 0.189 e. The fourth-order valence-electron chi connectivity index (χ4n) is 3.14. The van der Waals surface area contributed by atoms with E-state index in [1.165, 1.54) is 20.3 Å². The standard InChI is InChI=1S/C22H28Cl2FN3O3Si/c1-29-16-10-17(30-2)20(25)21(19(16)24)26-11-14-12-27-22-15(18(14)23)6-7-28(22)13-31-8-9-32(3,4)5/h6-7,10,12,26H,8-9,11,13H2,1-5H3. The SMILES string of the molecule is COc1cc(OC)c(Cl)c(NCc2cnc3c(ccn3COCC[Si](C)(C)C)c2Cl)c1F. The van der Waals surface area contributed by atoms with Gasteiger partial charge in [-0.15, -0.1) is 0 Å². The van der Waals surface area contributed by atoms with E-state index >= 15 is 0 Å². The molecule has 0 saturated carbocycles. The number of fused-ring (bicyclic) bond motifs is 1. The molecule has 6 nitrogen and oxygen atoms in total. The molecular weight excluding hydrogens is 472 g/mol. The Morgan fingerprint density at radius 3 is 2.50 bits per heavy atom. The van der Waals surface area contributed by atoms with Gasteiger partial charge in [-0.1, -0.05) is 42.8 Å². The van der Waals surface area contributed by atoms with Crippen LogP contribution in [-0.2, 0) is 18.0 Å². The summed E-state index contributed by atoms with van der Waals surface area (Å²) in [5.74, 6) is -0.275. The second-order valence-corrected chi connectivity index (χ2v) is 15.0. The van der Waals surface area contributed by atoms with Gasteiger partial charge in [0.15, 0.2) is 11.6 Å². The highest BCUT2D eigenvalue weighted by Crippen LogP contribution is 2.40. The molecule has 0 saturated heterocycles. The third-order valence-corrected chi connectivity index (χ3v) is 7.58. The molecule has 0 unspecified atom stereocenters. The van der Waals surface area contributed by atoms with Crippen molar-refractivity contribution in [3.8, 4) is 11.5 Å². The van der Waals surface area contributed by atoms with Crippen molar-refractivity contribution < 1.29 is 18.6 Å². The van der Waals surface area contributed by atoms with Crippen LogP contribution in [0.25, 0.3) is 11.0 Å².